The smallest absolute Gasteiger partial charge is 0.407 e. The van der Waals surface area contributed by atoms with E-state index in [9.17, 15) is 9.90 Å². The molecule has 0 unspecified atom stereocenters. The Bertz CT molecular complexity index is 1500. The summed E-state index contributed by atoms with van der Waals surface area (Å²) in [5.41, 5.74) is 5.15. The molecule has 2 aromatic heterocycles. The summed E-state index contributed by atoms with van der Waals surface area (Å²) >= 11 is 0. The zero-order valence-electron chi connectivity index (χ0n) is 22.2. The minimum Gasteiger partial charge on any atom is -0.497 e. The summed E-state index contributed by atoms with van der Waals surface area (Å²) < 4.78 is 12.9. The lowest BCUT2D eigenvalue weighted by atomic mass is 10.2. The number of rotatable bonds is 8. The normalized spacial score (nSPS) is 18.6. The highest BCUT2D eigenvalue weighted by Crippen LogP contribution is 2.35. The van der Waals surface area contributed by atoms with Gasteiger partial charge in [0.25, 0.3) is 0 Å². The Morgan fingerprint density at radius 2 is 1.82 bits per heavy atom. The third-order valence-corrected chi connectivity index (χ3v) is 7.70. The van der Waals surface area contributed by atoms with E-state index < -0.39 is 6.09 Å². The number of aromatic nitrogens is 4. The van der Waals surface area contributed by atoms with Gasteiger partial charge in [0.05, 0.1) is 43.3 Å². The molecular weight excluding hydrogens is 498 g/mol. The molecule has 2 bridgehead atoms. The Balaban J connectivity index is 1.33. The van der Waals surface area contributed by atoms with Gasteiger partial charge in [0.1, 0.15) is 11.5 Å². The third-order valence-electron chi connectivity index (χ3n) is 7.70. The molecule has 11 heteroatoms. The van der Waals surface area contributed by atoms with Crippen molar-refractivity contribution in [1.82, 2.24) is 29.5 Å². The van der Waals surface area contributed by atoms with Gasteiger partial charge in [-0.05, 0) is 24.6 Å². The lowest BCUT2D eigenvalue weighted by molar-refractivity contribution is 0.104. The molecule has 2 fully saturated rings. The summed E-state index contributed by atoms with van der Waals surface area (Å²) in [6.45, 7) is 2.79. The van der Waals surface area contributed by atoms with Gasteiger partial charge in [0.15, 0.2) is 0 Å². The van der Waals surface area contributed by atoms with Crippen LogP contribution in [-0.4, -0.2) is 93.2 Å². The van der Waals surface area contributed by atoms with Crippen molar-refractivity contribution in [2.75, 3.05) is 45.3 Å². The number of ether oxygens (including phenoxy) is 2. The summed E-state index contributed by atoms with van der Waals surface area (Å²) in [6, 6.07) is 12.2. The number of hydrogen-bond acceptors (Lipinski definition) is 8. The van der Waals surface area contributed by atoms with Gasteiger partial charge >= 0.3 is 6.09 Å². The number of carboxylic acid groups (broad SMARTS) is 1. The number of likely N-dealkylation sites (tertiary alicyclic amines) is 2. The van der Waals surface area contributed by atoms with Gasteiger partial charge in [-0.25, -0.2) is 9.78 Å². The van der Waals surface area contributed by atoms with Gasteiger partial charge in [0.2, 0.25) is 0 Å². The molecule has 4 heterocycles. The first kappa shape index (κ1) is 24.9. The van der Waals surface area contributed by atoms with Crippen LogP contribution < -0.4 is 14.4 Å². The number of anilines is 2. The first-order valence-electron chi connectivity index (χ1n) is 12.9. The van der Waals surface area contributed by atoms with E-state index in [1.807, 2.05) is 37.5 Å². The molecule has 1 N–H and O–H groups in total. The fourth-order valence-electron chi connectivity index (χ4n) is 5.70. The molecule has 0 spiro atoms. The largest absolute Gasteiger partial charge is 0.497 e. The van der Waals surface area contributed by atoms with Gasteiger partial charge in [-0.15, -0.1) is 0 Å². The van der Waals surface area contributed by atoms with Crippen molar-refractivity contribution in [2.45, 2.75) is 18.5 Å². The minimum atomic E-state index is -0.824. The maximum Gasteiger partial charge on any atom is 0.407 e. The van der Waals surface area contributed by atoms with Crippen molar-refractivity contribution < 1.29 is 19.4 Å². The second-order valence-corrected chi connectivity index (χ2v) is 10.0. The van der Waals surface area contributed by atoms with E-state index in [1.165, 1.54) is 0 Å². The maximum atomic E-state index is 11.5. The zero-order valence-corrected chi connectivity index (χ0v) is 22.2. The number of piperazine rings is 1. The number of hydrogen-bond donors (Lipinski definition) is 1. The lowest BCUT2D eigenvalue weighted by Gasteiger charge is -2.34. The van der Waals surface area contributed by atoms with Crippen molar-refractivity contribution in [3.05, 3.63) is 55.0 Å². The molecule has 1 amide bonds. The topological polar surface area (TPSA) is 109 Å². The average molecular weight is 530 g/mol. The van der Waals surface area contributed by atoms with Gasteiger partial charge in [-0.3, -0.25) is 14.6 Å². The average Bonchev–Trinajstić information content (AvgIpc) is 3.68. The number of benzene rings is 2. The second-order valence-electron chi connectivity index (χ2n) is 10.0. The first-order chi connectivity index (χ1) is 18.9. The molecule has 2 saturated heterocycles. The number of nitrogens with zero attached hydrogens (tertiary/aromatic N) is 7. The van der Waals surface area contributed by atoms with Gasteiger partial charge in [0, 0.05) is 86.6 Å². The van der Waals surface area contributed by atoms with E-state index >= 15 is 0 Å². The molecule has 202 valence electrons. The molecule has 2 aliphatic rings. The Hall–Kier alpha value is -4.38. The van der Waals surface area contributed by atoms with Crippen LogP contribution in [0.15, 0.2) is 55.0 Å². The number of methoxy groups -OCH3 is 2. The van der Waals surface area contributed by atoms with E-state index in [2.05, 4.69) is 32.0 Å². The predicted octanol–water partition coefficient (Wildman–Crippen LogP) is 3.62. The zero-order chi connectivity index (χ0) is 27.1. The Morgan fingerprint density at radius 3 is 2.46 bits per heavy atom. The van der Waals surface area contributed by atoms with Crippen molar-refractivity contribution in [2.24, 2.45) is 7.05 Å². The van der Waals surface area contributed by atoms with Crippen LogP contribution >= 0.6 is 0 Å². The molecule has 2 aliphatic heterocycles. The molecule has 0 saturated carbocycles. The fourth-order valence-corrected chi connectivity index (χ4v) is 5.70. The fraction of sp³-hybridized carbons (Fsp3) is 0.357. The van der Waals surface area contributed by atoms with Crippen LogP contribution in [-0.2, 0) is 7.05 Å². The van der Waals surface area contributed by atoms with Crippen LogP contribution in [0.25, 0.3) is 22.3 Å². The third kappa shape index (κ3) is 4.81. The molecule has 4 aromatic rings. The highest BCUT2D eigenvalue weighted by molar-refractivity contribution is 5.82. The van der Waals surface area contributed by atoms with Crippen LogP contribution in [0.5, 0.6) is 11.5 Å². The summed E-state index contributed by atoms with van der Waals surface area (Å²) in [5, 5.41) is 13.7. The highest BCUT2D eigenvalue weighted by Gasteiger charge is 2.45. The second kappa shape index (κ2) is 10.1. The lowest BCUT2D eigenvalue weighted by Crippen LogP contribution is -2.49. The molecule has 11 nitrogen and oxygen atoms in total. The van der Waals surface area contributed by atoms with Gasteiger partial charge in [-0.2, -0.15) is 5.10 Å². The molecular formula is C28H31N7O4. The van der Waals surface area contributed by atoms with Gasteiger partial charge in [-0.1, -0.05) is 0 Å². The first-order valence-corrected chi connectivity index (χ1v) is 12.9. The molecule has 0 aliphatic carbocycles. The molecule has 2 atom stereocenters. The number of amides is 1. The van der Waals surface area contributed by atoms with E-state index in [-0.39, 0.29) is 12.1 Å². The van der Waals surface area contributed by atoms with Crippen LogP contribution in [0.4, 0.5) is 16.2 Å². The van der Waals surface area contributed by atoms with E-state index in [4.69, 9.17) is 14.5 Å². The quantitative estimate of drug-likeness (QED) is 0.366. The number of fused-ring (bicyclic) bond motifs is 3. The van der Waals surface area contributed by atoms with Crippen LogP contribution in [0, 0.1) is 0 Å². The van der Waals surface area contributed by atoms with Crippen molar-refractivity contribution >= 4 is 28.5 Å². The summed E-state index contributed by atoms with van der Waals surface area (Å²) in [6.07, 6.45) is 5.54. The SMILES string of the molecule is COc1cc(OC)cc(N(CCN2C[C@@H]3C[C@H]2CN3C(=O)O)c2ccc3ncc(-c4cnn(C)c4)nc3c2)c1. The molecule has 39 heavy (non-hydrogen) atoms. The Morgan fingerprint density at radius 1 is 1.03 bits per heavy atom. The standard InChI is InChI=1S/C28H31N7O4/c1-32-15-18(13-30-32)27-14-29-25-5-4-19(11-26(25)31-27)34(20-9-23(38-2)12-24(10-20)39-3)7-6-33-16-22-8-21(33)17-35(22)28(36)37/h4-5,9-15,21-22H,6-8,16-17H2,1-3H3,(H,36,37)/t21-,22-/m0/s1. The summed E-state index contributed by atoms with van der Waals surface area (Å²) in [4.78, 5) is 27.3. The number of carbonyl (C=O) groups is 1. The van der Waals surface area contributed by atoms with Crippen molar-refractivity contribution in [1.29, 1.82) is 0 Å². The molecule has 2 aromatic carbocycles. The number of aryl methyl sites for hydroxylation is 1. The maximum absolute atomic E-state index is 11.5. The summed E-state index contributed by atoms with van der Waals surface area (Å²) in [5.74, 6) is 1.40. The summed E-state index contributed by atoms with van der Waals surface area (Å²) in [7, 11) is 5.16. The van der Waals surface area contributed by atoms with Crippen molar-refractivity contribution in [3.8, 4) is 22.8 Å². The van der Waals surface area contributed by atoms with Crippen LogP contribution in [0.2, 0.25) is 0 Å². The van der Waals surface area contributed by atoms with Crippen molar-refractivity contribution in [3.63, 3.8) is 0 Å². The van der Waals surface area contributed by atoms with Crippen LogP contribution in [0.3, 0.4) is 0 Å². The highest BCUT2D eigenvalue weighted by atomic mass is 16.5. The Kier molecular flexibility index (Phi) is 6.43. The van der Waals surface area contributed by atoms with E-state index in [0.29, 0.717) is 24.6 Å². The van der Waals surface area contributed by atoms with Gasteiger partial charge < -0.3 is 24.4 Å². The molecule has 0 radical (unpaired) electrons. The monoisotopic (exact) mass is 529 g/mol. The van der Waals surface area contributed by atoms with E-state index in [0.717, 1.165) is 53.2 Å². The minimum absolute atomic E-state index is 0.0692. The molecule has 6 rings (SSSR count). The predicted molar refractivity (Wildman–Crippen MR) is 147 cm³/mol. The van der Waals surface area contributed by atoms with Crippen LogP contribution in [0.1, 0.15) is 6.42 Å². The Labute approximate surface area is 226 Å². The van der Waals surface area contributed by atoms with E-state index in [1.54, 1.807) is 36.2 Å².